The van der Waals surface area contributed by atoms with Crippen molar-refractivity contribution < 1.29 is 14.3 Å². The van der Waals surface area contributed by atoms with Crippen LogP contribution in [0.15, 0.2) is 24.3 Å². The first-order valence-corrected chi connectivity index (χ1v) is 6.55. The maximum Gasteiger partial charge on any atom is 0.326 e. The molecule has 4 nitrogen and oxygen atoms in total. The number of esters is 1. The largest absolute Gasteiger partial charge is 0.468 e. The number of unbranched alkanes of at least 4 members (excludes halogenated alkanes) is 1. The van der Waals surface area contributed by atoms with Gasteiger partial charge in [0.25, 0.3) is 0 Å². The van der Waals surface area contributed by atoms with E-state index in [9.17, 15) is 9.59 Å². The van der Waals surface area contributed by atoms with Gasteiger partial charge in [-0.3, -0.25) is 9.59 Å². The number of hydrogen-bond donors (Lipinski definition) is 0. The summed E-state index contributed by atoms with van der Waals surface area (Å²) in [7, 11) is 3.04. The van der Waals surface area contributed by atoms with Gasteiger partial charge >= 0.3 is 5.97 Å². The highest BCUT2D eigenvalue weighted by atomic mass is 16.5. The van der Waals surface area contributed by atoms with Gasteiger partial charge in [0.05, 0.1) is 7.11 Å². The zero-order valence-corrected chi connectivity index (χ0v) is 11.6. The molecule has 1 aliphatic rings. The molecule has 1 aromatic carbocycles. The van der Waals surface area contributed by atoms with E-state index in [0.717, 1.165) is 24.1 Å². The fourth-order valence-corrected chi connectivity index (χ4v) is 2.80. The molecule has 0 fully saturated rings. The number of hydrogen-bond acceptors (Lipinski definition) is 3. The Bertz CT molecular complexity index is 512. The van der Waals surface area contributed by atoms with Gasteiger partial charge in [0.2, 0.25) is 5.91 Å². The van der Waals surface area contributed by atoms with Crippen molar-refractivity contribution in [1.29, 1.82) is 0 Å². The van der Waals surface area contributed by atoms with Crippen LogP contribution in [-0.4, -0.2) is 26.0 Å². The number of nitrogens with zero attached hydrogens (tertiary/aromatic N) is 1. The Morgan fingerprint density at radius 1 is 1.37 bits per heavy atom. The van der Waals surface area contributed by atoms with Crippen LogP contribution in [0.5, 0.6) is 0 Å². The second kappa shape index (κ2) is 5.03. The highest BCUT2D eigenvalue weighted by Crippen LogP contribution is 2.44. The predicted molar refractivity (Wildman–Crippen MR) is 73.1 cm³/mol. The number of benzene rings is 1. The van der Waals surface area contributed by atoms with Crippen molar-refractivity contribution >= 4 is 17.6 Å². The van der Waals surface area contributed by atoms with E-state index in [1.165, 1.54) is 7.11 Å². The van der Waals surface area contributed by atoms with Crippen LogP contribution < -0.4 is 4.90 Å². The number of carbonyl (C=O) groups is 2. The van der Waals surface area contributed by atoms with Crippen LogP contribution in [0.2, 0.25) is 0 Å². The van der Waals surface area contributed by atoms with E-state index in [4.69, 9.17) is 4.74 Å². The summed E-state index contributed by atoms with van der Waals surface area (Å²) in [6.45, 7) is 2.04. The first kappa shape index (κ1) is 13.6. The van der Waals surface area contributed by atoms with Gasteiger partial charge in [-0.2, -0.15) is 0 Å². The average Bonchev–Trinajstić information content (AvgIpc) is 2.67. The molecule has 0 N–H and O–H groups in total. The molecule has 0 saturated carbocycles. The Labute approximate surface area is 113 Å². The van der Waals surface area contributed by atoms with Gasteiger partial charge in [0.15, 0.2) is 5.41 Å². The van der Waals surface area contributed by atoms with E-state index in [1.54, 1.807) is 11.9 Å². The van der Waals surface area contributed by atoms with E-state index in [2.05, 4.69) is 0 Å². The van der Waals surface area contributed by atoms with E-state index in [-0.39, 0.29) is 5.91 Å². The van der Waals surface area contributed by atoms with E-state index in [1.807, 2.05) is 31.2 Å². The predicted octanol–water partition coefficient (Wildman–Crippen LogP) is 2.26. The molecule has 1 atom stereocenters. The lowest BCUT2D eigenvalue weighted by molar-refractivity contribution is -0.151. The van der Waals surface area contributed by atoms with E-state index < -0.39 is 11.4 Å². The maximum absolute atomic E-state index is 12.6. The quantitative estimate of drug-likeness (QED) is 0.617. The lowest BCUT2D eigenvalue weighted by Gasteiger charge is -2.25. The Balaban J connectivity index is 2.59. The molecule has 0 unspecified atom stereocenters. The van der Waals surface area contributed by atoms with Gasteiger partial charge in [-0.05, 0) is 12.5 Å². The molecule has 19 heavy (non-hydrogen) atoms. The fourth-order valence-electron chi connectivity index (χ4n) is 2.80. The lowest BCUT2D eigenvalue weighted by Crippen LogP contribution is -2.46. The van der Waals surface area contributed by atoms with Crippen LogP contribution >= 0.6 is 0 Å². The van der Waals surface area contributed by atoms with E-state index >= 15 is 0 Å². The zero-order valence-electron chi connectivity index (χ0n) is 11.6. The number of ether oxygens (including phenoxy) is 1. The van der Waals surface area contributed by atoms with Crippen molar-refractivity contribution in [2.45, 2.75) is 31.6 Å². The molecule has 4 heteroatoms. The van der Waals surface area contributed by atoms with Gasteiger partial charge in [0, 0.05) is 18.3 Å². The molecule has 1 heterocycles. The Morgan fingerprint density at radius 3 is 2.68 bits per heavy atom. The topological polar surface area (TPSA) is 46.6 Å². The monoisotopic (exact) mass is 261 g/mol. The molecule has 102 valence electrons. The Morgan fingerprint density at radius 2 is 2.05 bits per heavy atom. The molecule has 0 radical (unpaired) electrons. The van der Waals surface area contributed by atoms with Crippen molar-refractivity contribution in [3.8, 4) is 0 Å². The SMILES string of the molecule is CCCC[C@@]1(C(=O)OC)C(=O)N(C)c2ccccc21. The van der Waals surface area contributed by atoms with Gasteiger partial charge in [-0.15, -0.1) is 0 Å². The molecule has 2 rings (SSSR count). The third-order valence-electron chi connectivity index (χ3n) is 3.83. The minimum atomic E-state index is -1.16. The van der Waals surface area contributed by atoms with Crippen molar-refractivity contribution in [3.63, 3.8) is 0 Å². The maximum atomic E-state index is 12.6. The van der Waals surface area contributed by atoms with Crippen LogP contribution in [0, 0.1) is 0 Å². The summed E-state index contributed by atoms with van der Waals surface area (Å²) >= 11 is 0. The Hall–Kier alpha value is -1.84. The number of rotatable bonds is 4. The second-order valence-corrected chi connectivity index (χ2v) is 4.88. The summed E-state index contributed by atoms with van der Waals surface area (Å²) in [6.07, 6.45) is 2.23. The number of methoxy groups -OCH3 is 1. The zero-order chi connectivity index (χ0) is 14.0. The number of carbonyl (C=O) groups excluding carboxylic acids is 2. The number of fused-ring (bicyclic) bond motifs is 1. The minimum Gasteiger partial charge on any atom is -0.468 e. The number of para-hydroxylation sites is 1. The van der Waals surface area contributed by atoms with Crippen LogP contribution in [-0.2, 0) is 19.7 Å². The molecule has 0 aromatic heterocycles. The molecule has 0 spiro atoms. The Kier molecular flexibility index (Phi) is 3.60. The molecule has 0 aliphatic carbocycles. The molecule has 1 aromatic rings. The first-order valence-electron chi connectivity index (χ1n) is 6.55. The number of likely N-dealkylation sites (N-methyl/N-ethyl adjacent to an activating group) is 1. The number of amides is 1. The van der Waals surface area contributed by atoms with Gasteiger partial charge in [-0.1, -0.05) is 38.0 Å². The van der Waals surface area contributed by atoms with Crippen LogP contribution in [0.4, 0.5) is 5.69 Å². The minimum absolute atomic E-state index is 0.186. The highest BCUT2D eigenvalue weighted by molar-refractivity contribution is 6.20. The third-order valence-corrected chi connectivity index (χ3v) is 3.83. The van der Waals surface area contributed by atoms with Crippen molar-refractivity contribution in [1.82, 2.24) is 0 Å². The van der Waals surface area contributed by atoms with Crippen molar-refractivity contribution in [2.75, 3.05) is 19.1 Å². The summed E-state index contributed by atoms with van der Waals surface area (Å²) in [5.74, 6) is -0.642. The summed E-state index contributed by atoms with van der Waals surface area (Å²) in [5.41, 5.74) is 0.410. The molecular formula is C15H19NO3. The standard InChI is InChI=1S/C15H19NO3/c1-4-5-10-15(14(18)19-3)11-8-6-7-9-12(11)16(2)13(15)17/h6-9H,4-5,10H2,1-3H3/t15-/m0/s1. The first-order chi connectivity index (χ1) is 9.09. The summed E-state index contributed by atoms with van der Waals surface area (Å²) < 4.78 is 4.92. The average molecular weight is 261 g/mol. The summed E-state index contributed by atoms with van der Waals surface area (Å²) in [6, 6.07) is 7.44. The highest BCUT2D eigenvalue weighted by Gasteiger charge is 2.55. The summed E-state index contributed by atoms with van der Waals surface area (Å²) in [4.78, 5) is 26.5. The van der Waals surface area contributed by atoms with Crippen molar-refractivity contribution in [2.24, 2.45) is 0 Å². The van der Waals surface area contributed by atoms with Crippen LogP contribution in [0.3, 0.4) is 0 Å². The molecule has 0 saturated heterocycles. The summed E-state index contributed by atoms with van der Waals surface area (Å²) in [5, 5.41) is 0. The van der Waals surface area contributed by atoms with Gasteiger partial charge in [0.1, 0.15) is 0 Å². The normalized spacial score (nSPS) is 21.4. The van der Waals surface area contributed by atoms with Crippen molar-refractivity contribution in [3.05, 3.63) is 29.8 Å². The van der Waals surface area contributed by atoms with Crippen LogP contribution in [0.25, 0.3) is 0 Å². The van der Waals surface area contributed by atoms with Gasteiger partial charge < -0.3 is 9.64 Å². The lowest BCUT2D eigenvalue weighted by atomic mass is 9.77. The van der Waals surface area contributed by atoms with E-state index in [0.29, 0.717) is 6.42 Å². The molecule has 1 amide bonds. The number of anilines is 1. The van der Waals surface area contributed by atoms with Crippen LogP contribution in [0.1, 0.15) is 31.7 Å². The molecule has 0 bridgehead atoms. The second-order valence-electron chi connectivity index (χ2n) is 4.88. The molecule has 1 aliphatic heterocycles. The third kappa shape index (κ3) is 1.82. The molecular weight excluding hydrogens is 242 g/mol. The smallest absolute Gasteiger partial charge is 0.326 e. The van der Waals surface area contributed by atoms with Gasteiger partial charge in [-0.25, -0.2) is 0 Å². The fraction of sp³-hybridized carbons (Fsp3) is 0.467.